The average molecular weight is 314 g/mol. The average Bonchev–Trinajstić information content (AvgIpc) is 3.15. The molecule has 2 fully saturated rings. The van der Waals surface area contributed by atoms with Crippen LogP contribution in [0.25, 0.3) is 0 Å². The van der Waals surface area contributed by atoms with Crippen LogP contribution in [0.1, 0.15) is 11.3 Å². The van der Waals surface area contributed by atoms with Gasteiger partial charge in [0.25, 0.3) is 0 Å². The van der Waals surface area contributed by atoms with Crippen LogP contribution in [0.5, 0.6) is 0 Å². The number of furan rings is 1. The molecular formula is C17H22N4O2. The maximum absolute atomic E-state index is 6.10. The Morgan fingerprint density at radius 1 is 1.17 bits per heavy atom. The minimum Gasteiger partial charge on any atom is -0.472 e. The van der Waals surface area contributed by atoms with Gasteiger partial charge in [-0.2, -0.15) is 5.10 Å². The van der Waals surface area contributed by atoms with E-state index in [1.807, 2.05) is 25.3 Å². The summed E-state index contributed by atoms with van der Waals surface area (Å²) in [6.45, 7) is 7.57. The molecular weight excluding hydrogens is 292 g/mol. The van der Waals surface area contributed by atoms with Crippen LogP contribution in [0.3, 0.4) is 0 Å². The Morgan fingerprint density at radius 2 is 2.13 bits per heavy atom. The van der Waals surface area contributed by atoms with Gasteiger partial charge in [0.05, 0.1) is 30.9 Å². The molecule has 6 heteroatoms. The van der Waals surface area contributed by atoms with Crippen LogP contribution in [0.2, 0.25) is 0 Å². The molecule has 2 aromatic rings. The highest BCUT2D eigenvalue weighted by Gasteiger charge is 2.37. The summed E-state index contributed by atoms with van der Waals surface area (Å²) in [5.41, 5.74) is 2.17. The predicted octanol–water partition coefficient (Wildman–Crippen LogP) is 1.72. The van der Waals surface area contributed by atoms with E-state index in [4.69, 9.17) is 9.15 Å². The van der Waals surface area contributed by atoms with Crippen molar-refractivity contribution in [3.05, 3.63) is 42.0 Å². The molecule has 2 aromatic heterocycles. The maximum Gasteiger partial charge on any atom is 0.151 e. The molecule has 4 heterocycles. The Bertz CT molecular complexity index is 629. The van der Waals surface area contributed by atoms with Crippen LogP contribution in [-0.4, -0.2) is 54.0 Å². The SMILES string of the molecule is Cc1ccc(N2C[C@@H]3CN(Cc4ccoc4)CCO[C@@H]3C2)nn1. The van der Waals surface area contributed by atoms with E-state index >= 15 is 0 Å². The van der Waals surface area contributed by atoms with Gasteiger partial charge >= 0.3 is 0 Å². The number of fused-ring (bicyclic) bond motifs is 1. The van der Waals surface area contributed by atoms with Crippen LogP contribution in [0, 0.1) is 12.8 Å². The van der Waals surface area contributed by atoms with E-state index in [0.29, 0.717) is 5.92 Å². The standard InChI is InChI=1S/C17H22N4O2/c1-13-2-3-17(19-18-13)21-10-15-9-20(5-7-23-16(15)11-21)8-14-4-6-22-12-14/h2-4,6,12,15-16H,5,7-11H2,1H3/t15-,16+/m0/s1. The summed E-state index contributed by atoms with van der Waals surface area (Å²) >= 11 is 0. The van der Waals surface area contributed by atoms with Gasteiger partial charge < -0.3 is 14.1 Å². The van der Waals surface area contributed by atoms with Crippen molar-refractivity contribution in [2.45, 2.75) is 19.6 Å². The third-order valence-electron chi connectivity index (χ3n) is 4.71. The smallest absolute Gasteiger partial charge is 0.151 e. The third kappa shape index (κ3) is 3.23. The first-order valence-corrected chi connectivity index (χ1v) is 8.18. The topological polar surface area (TPSA) is 54.6 Å². The van der Waals surface area contributed by atoms with Crippen molar-refractivity contribution >= 4 is 5.82 Å². The molecule has 23 heavy (non-hydrogen) atoms. The highest BCUT2D eigenvalue weighted by atomic mass is 16.5. The first-order valence-electron chi connectivity index (χ1n) is 8.18. The van der Waals surface area contributed by atoms with Crippen molar-refractivity contribution in [2.75, 3.05) is 37.7 Å². The first kappa shape index (κ1) is 14.7. The van der Waals surface area contributed by atoms with Gasteiger partial charge in [-0.05, 0) is 25.1 Å². The summed E-state index contributed by atoms with van der Waals surface area (Å²) in [6.07, 6.45) is 3.85. The zero-order valence-corrected chi connectivity index (χ0v) is 13.4. The minimum absolute atomic E-state index is 0.285. The summed E-state index contributed by atoms with van der Waals surface area (Å²) < 4.78 is 11.3. The van der Waals surface area contributed by atoms with E-state index in [1.165, 1.54) is 5.56 Å². The lowest BCUT2D eigenvalue weighted by Crippen LogP contribution is -2.32. The van der Waals surface area contributed by atoms with Crippen molar-refractivity contribution in [1.82, 2.24) is 15.1 Å². The molecule has 2 aliphatic heterocycles. The molecule has 2 aliphatic rings. The number of anilines is 1. The van der Waals surface area contributed by atoms with Crippen molar-refractivity contribution < 1.29 is 9.15 Å². The van der Waals surface area contributed by atoms with E-state index in [2.05, 4.69) is 26.1 Å². The van der Waals surface area contributed by atoms with Crippen LogP contribution < -0.4 is 4.90 Å². The van der Waals surface area contributed by atoms with Gasteiger partial charge in [-0.25, -0.2) is 0 Å². The Hall–Kier alpha value is -1.92. The zero-order valence-electron chi connectivity index (χ0n) is 13.4. The number of hydrogen-bond donors (Lipinski definition) is 0. The molecule has 2 saturated heterocycles. The van der Waals surface area contributed by atoms with E-state index in [0.717, 1.165) is 50.8 Å². The first-order chi connectivity index (χ1) is 11.3. The summed E-state index contributed by atoms with van der Waals surface area (Å²) in [4.78, 5) is 4.75. The molecule has 0 bridgehead atoms. The number of aromatic nitrogens is 2. The highest BCUT2D eigenvalue weighted by Crippen LogP contribution is 2.27. The fraction of sp³-hybridized carbons (Fsp3) is 0.529. The molecule has 4 rings (SSSR count). The van der Waals surface area contributed by atoms with Gasteiger partial charge in [-0.3, -0.25) is 4.90 Å². The maximum atomic E-state index is 6.10. The van der Waals surface area contributed by atoms with Crippen molar-refractivity contribution in [1.29, 1.82) is 0 Å². The summed E-state index contributed by atoms with van der Waals surface area (Å²) in [7, 11) is 0. The number of rotatable bonds is 3. The number of nitrogens with zero attached hydrogens (tertiary/aromatic N) is 4. The summed E-state index contributed by atoms with van der Waals surface area (Å²) in [6, 6.07) is 6.10. The van der Waals surface area contributed by atoms with E-state index in [9.17, 15) is 0 Å². The third-order valence-corrected chi connectivity index (χ3v) is 4.71. The molecule has 0 saturated carbocycles. The van der Waals surface area contributed by atoms with Crippen LogP contribution in [-0.2, 0) is 11.3 Å². The zero-order chi connectivity index (χ0) is 15.6. The molecule has 0 N–H and O–H groups in total. The van der Waals surface area contributed by atoms with Gasteiger partial charge in [-0.15, -0.1) is 5.10 Å². The van der Waals surface area contributed by atoms with E-state index in [-0.39, 0.29) is 6.10 Å². The Labute approximate surface area is 136 Å². The molecule has 0 spiro atoms. The van der Waals surface area contributed by atoms with Gasteiger partial charge in [0.15, 0.2) is 5.82 Å². The second kappa shape index (κ2) is 6.29. The van der Waals surface area contributed by atoms with Gasteiger partial charge in [0.2, 0.25) is 0 Å². The van der Waals surface area contributed by atoms with Crippen LogP contribution >= 0.6 is 0 Å². The fourth-order valence-electron chi connectivity index (χ4n) is 3.49. The highest BCUT2D eigenvalue weighted by molar-refractivity contribution is 5.39. The quantitative estimate of drug-likeness (QED) is 0.860. The number of ether oxygens (including phenoxy) is 1. The second-order valence-corrected chi connectivity index (χ2v) is 6.47. The van der Waals surface area contributed by atoms with Crippen molar-refractivity contribution in [3.63, 3.8) is 0 Å². The van der Waals surface area contributed by atoms with Crippen LogP contribution in [0.15, 0.2) is 35.1 Å². The second-order valence-electron chi connectivity index (χ2n) is 6.47. The Morgan fingerprint density at radius 3 is 2.91 bits per heavy atom. The predicted molar refractivity (Wildman–Crippen MR) is 86.2 cm³/mol. The van der Waals surface area contributed by atoms with Crippen molar-refractivity contribution in [2.24, 2.45) is 5.92 Å². The van der Waals surface area contributed by atoms with Gasteiger partial charge in [0.1, 0.15) is 0 Å². The molecule has 2 atom stereocenters. The molecule has 0 aromatic carbocycles. The summed E-state index contributed by atoms with van der Waals surface area (Å²) in [5.74, 6) is 1.46. The Kier molecular flexibility index (Phi) is 4.01. The van der Waals surface area contributed by atoms with Crippen molar-refractivity contribution in [3.8, 4) is 0 Å². The molecule has 6 nitrogen and oxygen atoms in total. The normalized spacial score (nSPS) is 25.3. The van der Waals surface area contributed by atoms with E-state index < -0.39 is 0 Å². The van der Waals surface area contributed by atoms with Gasteiger partial charge in [-0.1, -0.05) is 0 Å². The molecule has 0 unspecified atom stereocenters. The lowest BCUT2D eigenvalue weighted by atomic mass is 10.1. The van der Waals surface area contributed by atoms with Gasteiger partial charge in [0, 0.05) is 44.2 Å². The monoisotopic (exact) mass is 314 g/mol. The molecule has 0 radical (unpaired) electrons. The Balaban J connectivity index is 1.43. The largest absolute Gasteiger partial charge is 0.472 e. The number of aryl methyl sites for hydroxylation is 1. The fourth-order valence-corrected chi connectivity index (χ4v) is 3.49. The van der Waals surface area contributed by atoms with E-state index in [1.54, 1.807) is 6.26 Å². The lowest BCUT2D eigenvalue weighted by molar-refractivity contribution is 0.0578. The molecule has 0 aliphatic carbocycles. The van der Waals surface area contributed by atoms with Crippen LogP contribution in [0.4, 0.5) is 5.82 Å². The summed E-state index contributed by atoms with van der Waals surface area (Å²) in [5, 5.41) is 8.49. The molecule has 122 valence electrons. The number of hydrogen-bond acceptors (Lipinski definition) is 6. The lowest BCUT2D eigenvalue weighted by Gasteiger charge is -2.23. The minimum atomic E-state index is 0.285. The molecule has 0 amide bonds.